The van der Waals surface area contributed by atoms with Crippen LogP contribution in [-0.4, -0.2) is 52.3 Å². The smallest absolute Gasteiger partial charge is 0.416 e. The Morgan fingerprint density at radius 2 is 1.50 bits per heavy atom. The Kier molecular flexibility index (Phi) is 12.4. The average molecular weight is 589 g/mol. The highest BCUT2D eigenvalue weighted by Crippen LogP contribution is 2.33. The summed E-state index contributed by atoms with van der Waals surface area (Å²) in [5.41, 5.74) is 1.51. The predicted octanol–water partition coefficient (Wildman–Crippen LogP) is 7.53. The van der Waals surface area contributed by atoms with Gasteiger partial charge in [0.1, 0.15) is 0 Å². The quantitative estimate of drug-likeness (QED) is 0.194. The van der Waals surface area contributed by atoms with Gasteiger partial charge in [-0.1, -0.05) is 70.2 Å². The second-order valence-corrected chi connectivity index (χ2v) is 11.3. The molecule has 0 aliphatic carbocycles. The van der Waals surface area contributed by atoms with Crippen LogP contribution in [0, 0.1) is 5.92 Å². The molecular formula is C33H43F3N2O4. The van der Waals surface area contributed by atoms with Crippen LogP contribution in [0.15, 0.2) is 48.5 Å². The first-order valence-electron chi connectivity index (χ1n) is 15.1. The van der Waals surface area contributed by atoms with E-state index in [2.05, 4.69) is 6.92 Å². The van der Waals surface area contributed by atoms with Gasteiger partial charge < -0.3 is 14.9 Å². The van der Waals surface area contributed by atoms with Crippen LogP contribution >= 0.6 is 0 Å². The number of piperidine rings is 1. The van der Waals surface area contributed by atoms with Crippen LogP contribution in [-0.2, 0) is 22.2 Å². The van der Waals surface area contributed by atoms with Crippen LogP contribution in [0.2, 0.25) is 0 Å². The molecule has 1 N–H and O–H groups in total. The molecule has 42 heavy (non-hydrogen) atoms. The van der Waals surface area contributed by atoms with Gasteiger partial charge in [-0.3, -0.25) is 9.59 Å². The van der Waals surface area contributed by atoms with Crippen molar-refractivity contribution in [2.75, 3.05) is 19.6 Å². The molecule has 6 nitrogen and oxygen atoms in total. The van der Waals surface area contributed by atoms with Crippen LogP contribution in [0.25, 0.3) is 0 Å². The molecule has 3 rings (SSSR count). The molecule has 9 heteroatoms. The molecule has 0 spiro atoms. The van der Waals surface area contributed by atoms with E-state index in [1.807, 2.05) is 24.3 Å². The van der Waals surface area contributed by atoms with Gasteiger partial charge in [-0.05, 0) is 73.4 Å². The van der Waals surface area contributed by atoms with Crippen molar-refractivity contribution < 1.29 is 32.7 Å². The number of carbonyl (C=O) groups excluding carboxylic acids is 2. The summed E-state index contributed by atoms with van der Waals surface area (Å²) in [6.45, 7) is 5.09. The van der Waals surface area contributed by atoms with Gasteiger partial charge in [0.15, 0.2) is 0 Å². The van der Waals surface area contributed by atoms with Crippen molar-refractivity contribution >= 4 is 17.8 Å². The maximum atomic E-state index is 13.1. The van der Waals surface area contributed by atoms with Gasteiger partial charge in [-0.2, -0.15) is 13.2 Å². The Balaban J connectivity index is 1.57. The maximum absolute atomic E-state index is 13.1. The van der Waals surface area contributed by atoms with E-state index in [4.69, 9.17) is 0 Å². The van der Waals surface area contributed by atoms with Gasteiger partial charge in [0.2, 0.25) is 0 Å². The summed E-state index contributed by atoms with van der Waals surface area (Å²) >= 11 is 0. The summed E-state index contributed by atoms with van der Waals surface area (Å²) in [7, 11) is 0. The Labute approximate surface area is 246 Å². The van der Waals surface area contributed by atoms with Crippen molar-refractivity contribution in [2.45, 2.75) is 90.3 Å². The van der Waals surface area contributed by atoms with Crippen molar-refractivity contribution in [3.8, 4) is 0 Å². The second kappa shape index (κ2) is 15.8. The predicted molar refractivity (Wildman–Crippen MR) is 156 cm³/mol. The lowest BCUT2D eigenvalue weighted by atomic mass is 9.93. The summed E-state index contributed by atoms with van der Waals surface area (Å²) in [5, 5.41) is 9.48. The van der Waals surface area contributed by atoms with E-state index < -0.39 is 29.7 Å². The zero-order chi connectivity index (χ0) is 30.7. The van der Waals surface area contributed by atoms with E-state index >= 15 is 0 Å². The van der Waals surface area contributed by atoms with E-state index in [0.29, 0.717) is 43.5 Å². The number of alkyl halides is 3. The lowest BCUT2D eigenvalue weighted by molar-refractivity contribution is -0.158. The first-order chi connectivity index (χ1) is 20.0. The molecule has 0 aromatic heterocycles. The first kappa shape index (κ1) is 33.1. The summed E-state index contributed by atoms with van der Waals surface area (Å²) in [6, 6.07) is 11.6. The number of halogens is 3. The van der Waals surface area contributed by atoms with E-state index in [9.17, 15) is 32.7 Å². The van der Waals surface area contributed by atoms with Gasteiger partial charge in [0.25, 0.3) is 5.91 Å². The van der Waals surface area contributed by atoms with Crippen LogP contribution in [0.3, 0.4) is 0 Å². The zero-order valence-corrected chi connectivity index (χ0v) is 24.7. The molecule has 1 atom stereocenters. The fraction of sp³-hybridized carbons (Fsp3) is 0.545. The molecular weight excluding hydrogens is 545 g/mol. The maximum Gasteiger partial charge on any atom is 0.416 e. The fourth-order valence-corrected chi connectivity index (χ4v) is 5.71. The van der Waals surface area contributed by atoms with E-state index in [-0.39, 0.29) is 18.4 Å². The fourth-order valence-electron chi connectivity index (χ4n) is 5.71. The number of aliphatic carboxylic acids is 1. The number of hydrogen-bond donors (Lipinski definition) is 1. The van der Waals surface area contributed by atoms with Crippen molar-refractivity contribution in [1.82, 2.24) is 9.80 Å². The molecule has 230 valence electrons. The van der Waals surface area contributed by atoms with Crippen LogP contribution in [0.1, 0.15) is 105 Å². The van der Waals surface area contributed by atoms with Crippen molar-refractivity contribution in [3.63, 3.8) is 0 Å². The number of carboxylic acid groups (broad SMARTS) is 1. The highest BCUT2D eigenvalue weighted by Gasteiger charge is 2.34. The largest absolute Gasteiger partial charge is 0.474 e. The monoisotopic (exact) mass is 588 g/mol. The molecule has 2 aromatic carbocycles. The van der Waals surface area contributed by atoms with Gasteiger partial charge in [-0.25, -0.2) is 4.79 Å². The highest BCUT2D eigenvalue weighted by atomic mass is 19.4. The standard InChI is InChI=1S/C33H43F3N2O4/c1-3-5-6-7-8-9-10-24-11-13-27(14-12-24)30(39)37-21-19-25(20-22-37)23-38(31(40)32(41)42)29(4-2)26-15-17-28(18-16-26)33(34,35)36/h11-18,25,29H,3-10,19-23H2,1-2H3,(H,41,42). The number of carbonyl (C=O) groups is 3. The number of likely N-dealkylation sites (tertiary alicyclic amines) is 1. The molecule has 1 heterocycles. The number of amides is 2. The first-order valence-corrected chi connectivity index (χ1v) is 15.1. The molecule has 2 aromatic rings. The Morgan fingerprint density at radius 3 is 2.05 bits per heavy atom. The zero-order valence-electron chi connectivity index (χ0n) is 24.7. The third kappa shape index (κ3) is 9.33. The number of rotatable bonds is 13. The molecule has 1 fully saturated rings. The SMILES string of the molecule is CCCCCCCCc1ccc(C(=O)N2CCC(CN(C(=O)C(=O)O)C(CC)c3ccc(C(F)(F)F)cc3)CC2)cc1. The number of nitrogens with zero attached hydrogens (tertiary/aromatic N) is 2. The highest BCUT2D eigenvalue weighted by molar-refractivity contribution is 6.31. The normalized spacial score (nSPS) is 14.9. The third-order valence-corrected chi connectivity index (χ3v) is 8.21. The molecule has 1 saturated heterocycles. The summed E-state index contributed by atoms with van der Waals surface area (Å²) in [5.74, 6) is -2.77. The van der Waals surface area contributed by atoms with Crippen LogP contribution in [0.5, 0.6) is 0 Å². The minimum atomic E-state index is -4.49. The van der Waals surface area contributed by atoms with Gasteiger partial charge in [0, 0.05) is 25.2 Å². The van der Waals surface area contributed by atoms with E-state index in [1.165, 1.54) is 54.7 Å². The molecule has 0 saturated carbocycles. The second-order valence-electron chi connectivity index (χ2n) is 11.3. The molecule has 1 unspecified atom stereocenters. The van der Waals surface area contributed by atoms with Crippen molar-refractivity contribution in [2.24, 2.45) is 5.92 Å². The Morgan fingerprint density at radius 1 is 0.905 bits per heavy atom. The minimum absolute atomic E-state index is 0.0412. The molecule has 1 aliphatic rings. The van der Waals surface area contributed by atoms with Gasteiger partial charge in [0.05, 0.1) is 11.6 Å². The van der Waals surface area contributed by atoms with Crippen molar-refractivity contribution in [1.29, 1.82) is 0 Å². The summed E-state index contributed by atoms with van der Waals surface area (Å²) in [6.07, 6.45) is 5.47. The van der Waals surface area contributed by atoms with Gasteiger partial charge >= 0.3 is 18.1 Å². The number of aryl methyl sites for hydroxylation is 1. The number of benzene rings is 2. The Hall–Kier alpha value is -3.36. The van der Waals surface area contributed by atoms with E-state index in [1.54, 1.807) is 11.8 Å². The lowest BCUT2D eigenvalue weighted by Gasteiger charge is -2.37. The van der Waals surface area contributed by atoms with Crippen molar-refractivity contribution in [3.05, 3.63) is 70.8 Å². The number of carboxylic acids is 1. The third-order valence-electron chi connectivity index (χ3n) is 8.21. The number of hydrogen-bond acceptors (Lipinski definition) is 3. The Bertz CT molecular complexity index is 1160. The average Bonchev–Trinajstić information content (AvgIpc) is 2.98. The molecule has 0 radical (unpaired) electrons. The minimum Gasteiger partial charge on any atom is -0.474 e. The summed E-state index contributed by atoms with van der Waals surface area (Å²) < 4.78 is 39.1. The lowest BCUT2D eigenvalue weighted by Crippen LogP contribution is -2.45. The molecule has 0 bridgehead atoms. The number of unbranched alkanes of at least 4 members (excludes halogenated alkanes) is 5. The van der Waals surface area contributed by atoms with Gasteiger partial charge in [-0.15, -0.1) is 0 Å². The van der Waals surface area contributed by atoms with E-state index in [0.717, 1.165) is 25.0 Å². The molecule has 2 amide bonds. The summed E-state index contributed by atoms with van der Waals surface area (Å²) in [4.78, 5) is 40.6. The van der Waals surface area contributed by atoms with Crippen LogP contribution in [0.4, 0.5) is 13.2 Å². The molecule has 1 aliphatic heterocycles. The topological polar surface area (TPSA) is 77.9 Å². The van der Waals surface area contributed by atoms with Crippen LogP contribution < -0.4 is 0 Å².